The Morgan fingerprint density at radius 1 is 1.14 bits per heavy atom. The van der Waals surface area contributed by atoms with E-state index in [1.807, 2.05) is 0 Å². The second-order valence-corrected chi connectivity index (χ2v) is 7.44. The number of benzene rings is 1. The van der Waals surface area contributed by atoms with Crippen LogP contribution in [0.3, 0.4) is 0 Å². The molecule has 2 heteroatoms. The number of hydrogen-bond acceptors (Lipinski definition) is 2. The molecule has 0 amide bonds. The predicted octanol–water partition coefficient (Wildman–Crippen LogP) is 4.24. The molecule has 1 atom stereocenters. The van der Waals surface area contributed by atoms with Gasteiger partial charge in [-0.3, -0.25) is 4.90 Å². The molecule has 1 heterocycles. The van der Waals surface area contributed by atoms with Crippen molar-refractivity contribution >= 4 is 0 Å². The van der Waals surface area contributed by atoms with E-state index in [9.17, 15) is 0 Å². The molecule has 1 aliphatic rings. The van der Waals surface area contributed by atoms with Gasteiger partial charge in [-0.1, -0.05) is 43.7 Å². The molecule has 1 unspecified atom stereocenters. The zero-order valence-electron chi connectivity index (χ0n) is 14.2. The summed E-state index contributed by atoms with van der Waals surface area (Å²) in [5, 5.41) is 3.70. The lowest BCUT2D eigenvalue weighted by Gasteiger charge is -2.39. The minimum Gasteiger partial charge on any atom is -0.310 e. The smallest absolute Gasteiger partial charge is 0.0472 e. The molecule has 0 radical (unpaired) electrons. The van der Waals surface area contributed by atoms with Crippen LogP contribution in [0.15, 0.2) is 30.3 Å². The van der Waals surface area contributed by atoms with E-state index in [-0.39, 0.29) is 5.54 Å². The van der Waals surface area contributed by atoms with Gasteiger partial charge < -0.3 is 5.32 Å². The molecule has 0 saturated carbocycles. The topological polar surface area (TPSA) is 15.3 Å². The Bertz CT molecular complexity index is 399. The average molecular weight is 288 g/mol. The summed E-state index contributed by atoms with van der Waals surface area (Å²) in [4.78, 5) is 2.68. The Balaban J connectivity index is 2.05. The highest BCUT2D eigenvalue weighted by Crippen LogP contribution is 2.28. The van der Waals surface area contributed by atoms with E-state index in [4.69, 9.17) is 0 Å². The molecule has 0 spiro atoms. The zero-order chi connectivity index (χ0) is 15.3. The minimum atomic E-state index is 0.175. The molecule has 1 fully saturated rings. The summed E-state index contributed by atoms with van der Waals surface area (Å²) >= 11 is 0. The second kappa shape index (κ2) is 7.42. The standard InChI is InChI=1S/C19H32N2/c1-5-16-11-13-21(14-12-16)18(15-20-19(2,3)4)17-9-7-6-8-10-17/h6-10,16,18,20H,5,11-15H2,1-4H3. The fourth-order valence-corrected chi connectivity index (χ4v) is 3.21. The molecule has 21 heavy (non-hydrogen) atoms. The van der Waals surface area contributed by atoms with Gasteiger partial charge in [0.1, 0.15) is 0 Å². The Morgan fingerprint density at radius 3 is 2.29 bits per heavy atom. The van der Waals surface area contributed by atoms with Crippen molar-refractivity contribution in [3.8, 4) is 0 Å². The molecule has 1 aromatic rings. The van der Waals surface area contributed by atoms with Crippen LogP contribution in [0.25, 0.3) is 0 Å². The largest absolute Gasteiger partial charge is 0.310 e. The fourth-order valence-electron chi connectivity index (χ4n) is 3.21. The monoisotopic (exact) mass is 288 g/mol. The van der Waals surface area contributed by atoms with Crippen molar-refractivity contribution < 1.29 is 0 Å². The van der Waals surface area contributed by atoms with E-state index < -0.39 is 0 Å². The van der Waals surface area contributed by atoms with Crippen molar-refractivity contribution in [1.29, 1.82) is 0 Å². The molecule has 1 aliphatic heterocycles. The maximum atomic E-state index is 3.70. The van der Waals surface area contributed by atoms with Crippen molar-refractivity contribution in [2.24, 2.45) is 5.92 Å². The van der Waals surface area contributed by atoms with E-state index in [1.54, 1.807) is 0 Å². The molecular formula is C19H32N2. The van der Waals surface area contributed by atoms with Crippen molar-refractivity contribution in [2.45, 2.75) is 58.5 Å². The third kappa shape index (κ3) is 5.12. The van der Waals surface area contributed by atoms with Crippen LogP contribution in [-0.2, 0) is 0 Å². The second-order valence-electron chi connectivity index (χ2n) is 7.44. The lowest BCUT2D eigenvalue weighted by molar-refractivity contribution is 0.124. The molecule has 0 aromatic heterocycles. The van der Waals surface area contributed by atoms with Gasteiger partial charge in [0, 0.05) is 18.1 Å². The molecule has 0 aliphatic carbocycles. The zero-order valence-corrected chi connectivity index (χ0v) is 14.2. The molecular weight excluding hydrogens is 256 g/mol. The number of rotatable bonds is 5. The summed E-state index contributed by atoms with van der Waals surface area (Å²) in [5.74, 6) is 0.938. The first-order chi connectivity index (χ1) is 9.99. The van der Waals surface area contributed by atoms with Crippen LogP contribution in [0.2, 0.25) is 0 Å². The van der Waals surface area contributed by atoms with Gasteiger partial charge in [-0.25, -0.2) is 0 Å². The average Bonchev–Trinajstić information content (AvgIpc) is 2.48. The van der Waals surface area contributed by atoms with Gasteiger partial charge in [0.05, 0.1) is 0 Å². The van der Waals surface area contributed by atoms with E-state index >= 15 is 0 Å². The molecule has 2 nitrogen and oxygen atoms in total. The summed E-state index contributed by atoms with van der Waals surface area (Å²) in [5.41, 5.74) is 1.62. The van der Waals surface area contributed by atoms with Gasteiger partial charge in [-0.05, 0) is 58.2 Å². The van der Waals surface area contributed by atoms with Gasteiger partial charge in [-0.2, -0.15) is 0 Å². The summed E-state index contributed by atoms with van der Waals surface area (Å²) < 4.78 is 0. The maximum absolute atomic E-state index is 3.70. The van der Waals surface area contributed by atoms with Crippen LogP contribution in [0.4, 0.5) is 0 Å². The number of nitrogens with zero attached hydrogens (tertiary/aromatic N) is 1. The van der Waals surface area contributed by atoms with Gasteiger partial charge in [0.15, 0.2) is 0 Å². The highest BCUT2D eigenvalue weighted by molar-refractivity contribution is 5.19. The Morgan fingerprint density at radius 2 is 1.76 bits per heavy atom. The van der Waals surface area contributed by atoms with Gasteiger partial charge in [0.25, 0.3) is 0 Å². The van der Waals surface area contributed by atoms with Crippen molar-refractivity contribution in [3.63, 3.8) is 0 Å². The van der Waals surface area contributed by atoms with E-state index in [1.165, 1.54) is 37.9 Å². The van der Waals surface area contributed by atoms with Crippen molar-refractivity contribution in [1.82, 2.24) is 10.2 Å². The lowest BCUT2D eigenvalue weighted by atomic mass is 9.92. The van der Waals surface area contributed by atoms with Crippen molar-refractivity contribution in [3.05, 3.63) is 35.9 Å². The summed E-state index contributed by atoms with van der Waals surface area (Å²) in [6.45, 7) is 12.6. The summed E-state index contributed by atoms with van der Waals surface area (Å²) in [6, 6.07) is 11.5. The molecule has 1 saturated heterocycles. The Kier molecular flexibility index (Phi) is 5.83. The SMILES string of the molecule is CCC1CCN(C(CNC(C)(C)C)c2ccccc2)CC1. The Labute approximate surface area is 130 Å². The number of nitrogens with one attached hydrogen (secondary N) is 1. The van der Waals surface area contributed by atoms with Crippen LogP contribution < -0.4 is 5.32 Å². The summed E-state index contributed by atoms with van der Waals surface area (Å²) in [7, 11) is 0. The quantitative estimate of drug-likeness (QED) is 0.872. The van der Waals surface area contributed by atoms with E-state index in [0.717, 1.165) is 12.5 Å². The van der Waals surface area contributed by atoms with Gasteiger partial charge in [0.2, 0.25) is 0 Å². The number of hydrogen-bond donors (Lipinski definition) is 1. The minimum absolute atomic E-state index is 0.175. The normalized spacial score (nSPS) is 19.6. The van der Waals surface area contributed by atoms with Gasteiger partial charge >= 0.3 is 0 Å². The van der Waals surface area contributed by atoms with Gasteiger partial charge in [-0.15, -0.1) is 0 Å². The lowest BCUT2D eigenvalue weighted by Crippen LogP contribution is -2.45. The third-order valence-corrected chi connectivity index (χ3v) is 4.68. The van der Waals surface area contributed by atoms with Crippen LogP contribution in [-0.4, -0.2) is 30.1 Å². The van der Waals surface area contributed by atoms with Crippen LogP contribution >= 0.6 is 0 Å². The highest BCUT2D eigenvalue weighted by atomic mass is 15.2. The first-order valence-electron chi connectivity index (χ1n) is 8.53. The van der Waals surface area contributed by atoms with E-state index in [0.29, 0.717) is 6.04 Å². The molecule has 1 aromatic carbocycles. The fraction of sp³-hybridized carbons (Fsp3) is 0.684. The van der Waals surface area contributed by atoms with Crippen LogP contribution in [0.5, 0.6) is 0 Å². The first-order valence-corrected chi connectivity index (χ1v) is 8.53. The molecule has 2 rings (SSSR count). The molecule has 0 bridgehead atoms. The first kappa shape index (κ1) is 16.5. The maximum Gasteiger partial charge on any atom is 0.0472 e. The molecule has 1 N–H and O–H groups in total. The predicted molar refractivity (Wildman–Crippen MR) is 91.5 cm³/mol. The van der Waals surface area contributed by atoms with Crippen LogP contribution in [0.1, 0.15) is 58.6 Å². The molecule has 118 valence electrons. The third-order valence-electron chi connectivity index (χ3n) is 4.68. The number of piperidine rings is 1. The highest BCUT2D eigenvalue weighted by Gasteiger charge is 2.26. The van der Waals surface area contributed by atoms with Crippen molar-refractivity contribution in [2.75, 3.05) is 19.6 Å². The summed E-state index contributed by atoms with van der Waals surface area (Å²) in [6.07, 6.45) is 4.05. The van der Waals surface area contributed by atoms with Crippen LogP contribution in [0, 0.1) is 5.92 Å². The number of likely N-dealkylation sites (tertiary alicyclic amines) is 1. The van der Waals surface area contributed by atoms with E-state index in [2.05, 4.69) is 68.2 Å². The Hall–Kier alpha value is -0.860.